The molecule has 0 radical (unpaired) electrons. The van der Waals surface area contributed by atoms with Gasteiger partial charge in [0, 0.05) is 37.4 Å². The molecule has 2 aromatic carbocycles. The number of hydrogen-bond acceptors (Lipinski definition) is 7. The van der Waals surface area contributed by atoms with E-state index in [4.69, 9.17) is 18.6 Å². The molecular weight excluding hydrogens is 502 g/mol. The maximum Gasteiger partial charge on any atom is 0.294 e. The number of para-hydroxylation sites is 1. The third-order valence-electron chi connectivity index (χ3n) is 7.52. The Labute approximate surface area is 226 Å². The number of ether oxygens (including phenoxy) is 3. The molecule has 1 aromatic heterocycles. The monoisotopic (exact) mass is 535 g/mol. The van der Waals surface area contributed by atoms with Crippen molar-refractivity contribution < 1.29 is 33.0 Å². The first-order valence-electron chi connectivity index (χ1n) is 13.1. The van der Waals surface area contributed by atoms with Crippen LogP contribution in [0.15, 0.2) is 46.9 Å². The lowest BCUT2D eigenvalue weighted by Crippen LogP contribution is -2.61. The highest BCUT2D eigenvalue weighted by Crippen LogP contribution is 2.39. The van der Waals surface area contributed by atoms with Gasteiger partial charge < -0.3 is 34.2 Å². The molecule has 1 aliphatic carbocycles. The molecule has 0 unspecified atom stereocenters. The van der Waals surface area contributed by atoms with Crippen LogP contribution in [0.2, 0.25) is 0 Å². The fraction of sp³-hybridized carbons (Fsp3) is 0.414. The van der Waals surface area contributed by atoms with Gasteiger partial charge in [0.05, 0.1) is 19.1 Å². The number of methoxy groups -OCH3 is 2. The van der Waals surface area contributed by atoms with Crippen LogP contribution in [0.4, 0.5) is 0 Å². The summed E-state index contributed by atoms with van der Waals surface area (Å²) in [4.78, 5) is 41.5. The summed E-state index contributed by atoms with van der Waals surface area (Å²) >= 11 is 0. The predicted molar refractivity (Wildman–Crippen MR) is 143 cm³/mol. The maximum absolute atomic E-state index is 13.8. The number of rotatable bonds is 9. The van der Waals surface area contributed by atoms with Gasteiger partial charge in [-0.15, -0.1) is 0 Å². The van der Waals surface area contributed by atoms with Gasteiger partial charge in [-0.25, -0.2) is 0 Å². The lowest BCUT2D eigenvalue weighted by molar-refractivity contribution is -0.133. The summed E-state index contributed by atoms with van der Waals surface area (Å²) in [6.07, 6.45) is 3.08. The van der Waals surface area contributed by atoms with Crippen LogP contribution in [0, 0.1) is 0 Å². The van der Waals surface area contributed by atoms with Gasteiger partial charge in [-0.2, -0.15) is 0 Å². The van der Waals surface area contributed by atoms with Crippen LogP contribution in [-0.2, 0) is 16.1 Å². The van der Waals surface area contributed by atoms with Crippen LogP contribution in [0.5, 0.6) is 11.5 Å². The van der Waals surface area contributed by atoms with Crippen molar-refractivity contribution in [2.24, 2.45) is 0 Å². The van der Waals surface area contributed by atoms with Crippen molar-refractivity contribution >= 4 is 28.7 Å². The Morgan fingerprint density at radius 1 is 1.15 bits per heavy atom. The Hall–Kier alpha value is -4.05. The minimum absolute atomic E-state index is 0.0149. The Kier molecular flexibility index (Phi) is 7.47. The number of furan rings is 1. The topological polar surface area (TPSA) is 119 Å². The van der Waals surface area contributed by atoms with Crippen molar-refractivity contribution in [2.45, 2.75) is 44.3 Å². The van der Waals surface area contributed by atoms with Crippen molar-refractivity contribution in [1.82, 2.24) is 15.5 Å². The van der Waals surface area contributed by atoms with Gasteiger partial charge in [-0.3, -0.25) is 14.4 Å². The van der Waals surface area contributed by atoms with Crippen LogP contribution < -0.4 is 20.1 Å². The van der Waals surface area contributed by atoms with E-state index in [0.717, 1.165) is 24.8 Å². The second-order valence-corrected chi connectivity index (χ2v) is 10.1. The molecule has 2 N–H and O–H groups in total. The molecule has 5 rings (SSSR count). The van der Waals surface area contributed by atoms with E-state index in [2.05, 4.69) is 10.6 Å². The summed E-state index contributed by atoms with van der Waals surface area (Å²) in [5.74, 6) is -0.169. The Morgan fingerprint density at radius 2 is 1.95 bits per heavy atom. The van der Waals surface area contributed by atoms with Crippen molar-refractivity contribution in [3.05, 3.63) is 59.4 Å². The summed E-state index contributed by atoms with van der Waals surface area (Å²) in [5.41, 5.74) is 0.262. The first-order chi connectivity index (χ1) is 18.9. The Morgan fingerprint density at radius 3 is 2.67 bits per heavy atom. The van der Waals surface area contributed by atoms with E-state index in [9.17, 15) is 14.4 Å². The van der Waals surface area contributed by atoms with Gasteiger partial charge in [0.1, 0.15) is 17.9 Å². The SMILES string of the molecule is COCCN1C(=O)c2oc3cc(C(=O)NC4CCC4)ccc3c2OC[C@@]1(C)C(=O)NCc1ccccc1OC. The first-order valence-corrected chi connectivity index (χ1v) is 13.1. The minimum atomic E-state index is -1.35. The van der Waals surface area contributed by atoms with Gasteiger partial charge in [-0.05, 0) is 50.5 Å². The van der Waals surface area contributed by atoms with Crippen LogP contribution in [-0.4, -0.2) is 68.2 Å². The summed E-state index contributed by atoms with van der Waals surface area (Å²) in [7, 11) is 3.10. The number of carbonyl (C=O) groups excluding carboxylic acids is 3. The van der Waals surface area contributed by atoms with Crippen molar-refractivity contribution in [1.29, 1.82) is 0 Å². The second-order valence-electron chi connectivity index (χ2n) is 10.1. The van der Waals surface area contributed by atoms with Crippen LogP contribution >= 0.6 is 0 Å². The molecule has 3 amide bonds. The van der Waals surface area contributed by atoms with E-state index in [-0.39, 0.29) is 55.7 Å². The zero-order valence-electron chi connectivity index (χ0n) is 22.4. The average molecular weight is 536 g/mol. The fourth-order valence-corrected chi connectivity index (χ4v) is 4.89. The molecule has 0 saturated heterocycles. The maximum atomic E-state index is 13.8. The van der Waals surface area contributed by atoms with Crippen LogP contribution in [0.25, 0.3) is 11.0 Å². The third-order valence-corrected chi connectivity index (χ3v) is 7.52. The molecule has 10 nitrogen and oxygen atoms in total. The fourth-order valence-electron chi connectivity index (χ4n) is 4.89. The normalized spacial score (nSPS) is 19.1. The number of benzene rings is 2. The smallest absolute Gasteiger partial charge is 0.294 e. The van der Waals surface area contributed by atoms with E-state index >= 15 is 0 Å². The summed E-state index contributed by atoms with van der Waals surface area (Å²) in [5, 5.41) is 6.50. The highest BCUT2D eigenvalue weighted by molar-refractivity contribution is 6.06. The largest absolute Gasteiger partial charge is 0.496 e. The highest BCUT2D eigenvalue weighted by atomic mass is 16.5. The summed E-state index contributed by atoms with van der Waals surface area (Å²) < 4.78 is 22.7. The van der Waals surface area contributed by atoms with Crippen molar-refractivity contribution in [3.8, 4) is 11.5 Å². The number of nitrogens with one attached hydrogen (secondary N) is 2. The molecule has 1 fully saturated rings. The number of amides is 3. The van der Waals surface area contributed by atoms with Gasteiger partial charge in [0.2, 0.25) is 11.7 Å². The van der Waals surface area contributed by atoms with Gasteiger partial charge in [0.25, 0.3) is 11.8 Å². The first kappa shape index (κ1) is 26.6. The molecule has 0 bridgehead atoms. The highest BCUT2D eigenvalue weighted by Gasteiger charge is 2.47. The molecule has 1 atom stereocenters. The zero-order chi connectivity index (χ0) is 27.6. The number of nitrogens with zero attached hydrogens (tertiary/aromatic N) is 1. The van der Waals surface area contributed by atoms with Gasteiger partial charge in [0.15, 0.2) is 11.3 Å². The minimum Gasteiger partial charge on any atom is -0.496 e. The van der Waals surface area contributed by atoms with E-state index in [1.54, 1.807) is 32.2 Å². The number of carbonyl (C=O) groups is 3. The molecule has 1 saturated carbocycles. The third kappa shape index (κ3) is 5.04. The van der Waals surface area contributed by atoms with E-state index in [1.807, 2.05) is 24.3 Å². The molecule has 2 heterocycles. The molecular formula is C29H33N3O7. The lowest BCUT2D eigenvalue weighted by Gasteiger charge is -2.37. The predicted octanol–water partition coefficient (Wildman–Crippen LogP) is 3.28. The molecule has 3 aromatic rings. The molecule has 0 spiro atoms. The molecule has 10 heteroatoms. The summed E-state index contributed by atoms with van der Waals surface area (Å²) in [6, 6.07) is 12.6. The molecule has 39 heavy (non-hydrogen) atoms. The van der Waals surface area contributed by atoms with Crippen molar-refractivity contribution in [3.63, 3.8) is 0 Å². The average Bonchev–Trinajstić information content (AvgIpc) is 3.25. The number of fused-ring (bicyclic) bond motifs is 3. The second kappa shape index (κ2) is 11.0. The number of hydrogen-bond donors (Lipinski definition) is 2. The van der Waals surface area contributed by atoms with Gasteiger partial charge >= 0.3 is 0 Å². The van der Waals surface area contributed by atoms with E-state index < -0.39 is 11.4 Å². The van der Waals surface area contributed by atoms with E-state index in [1.165, 1.54) is 12.0 Å². The van der Waals surface area contributed by atoms with E-state index in [0.29, 0.717) is 22.3 Å². The Balaban J connectivity index is 1.41. The lowest BCUT2D eigenvalue weighted by atomic mass is 9.93. The standard InChI is InChI=1S/C29H33N3O7/c1-29(28(35)30-16-19-7-4-5-10-22(19)37-3)17-38-24-21-12-11-18(26(33)31-20-8-6-9-20)15-23(21)39-25(24)27(34)32(29)13-14-36-2/h4-5,7,10-12,15,20H,6,8-9,13-14,16-17H2,1-3H3,(H,30,35)(H,31,33)/t29-/m0/s1. The van der Waals surface area contributed by atoms with Crippen LogP contribution in [0.3, 0.4) is 0 Å². The Bertz CT molecular complexity index is 1400. The van der Waals surface area contributed by atoms with Crippen LogP contribution in [0.1, 0.15) is 52.7 Å². The zero-order valence-corrected chi connectivity index (χ0v) is 22.4. The van der Waals surface area contributed by atoms with Crippen molar-refractivity contribution in [2.75, 3.05) is 34.0 Å². The quantitative estimate of drug-likeness (QED) is 0.432. The summed E-state index contributed by atoms with van der Waals surface area (Å²) in [6.45, 7) is 2.12. The molecule has 2 aliphatic rings. The molecule has 1 aliphatic heterocycles. The van der Waals surface area contributed by atoms with Gasteiger partial charge in [-0.1, -0.05) is 18.2 Å². The molecule has 206 valence electrons.